The molecule has 0 unspecified atom stereocenters. The highest BCUT2D eigenvalue weighted by Crippen LogP contribution is 2.26. The van der Waals surface area contributed by atoms with E-state index in [4.69, 9.17) is 4.52 Å². The first kappa shape index (κ1) is 15.4. The highest BCUT2D eigenvalue weighted by atomic mass is 16.6. The first-order valence-electron chi connectivity index (χ1n) is 7.14. The first-order chi connectivity index (χ1) is 11.6. The Bertz CT molecular complexity index is 903. The summed E-state index contributed by atoms with van der Waals surface area (Å²) in [6, 6.07) is 15.3. The summed E-state index contributed by atoms with van der Waals surface area (Å²) in [7, 11) is 0. The van der Waals surface area contributed by atoms with Crippen LogP contribution in [0.3, 0.4) is 0 Å². The monoisotopic (exact) mass is 323 g/mol. The number of rotatable bonds is 4. The van der Waals surface area contributed by atoms with E-state index in [0.717, 1.165) is 5.56 Å². The van der Waals surface area contributed by atoms with Crippen molar-refractivity contribution in [2.45, 2.75) is 6.92 Å². The van der Waals surface area contributed by atoms with Crippen molar-refractivity contribution in [2.75, 3.05) is 5.32 Å². The highest BCUT2D eigenvalue weighted by Gasteiger charge is 2.18. The molecular weight excluding hydrogens is 310 g/mol. The van der Waals surface area contributed by atoms with Gasteiger partial charge >= 0.3 is 0 Å². The fraction of sp³-hybridized carbons (Fsp3) is 0.0588. The molecule has 1 N–H and O–H groups in total. The van der Waals surface area contributed by atoms with Gasteiger partial charge < -0.3 is 9.84 Å². The van der Waals surface area contributed by atoms with E-state index in [9.17, 15) is 14.9 Å². The fourth-order valence-corrected chi connectivity index (χ4v) is 2.26. The smallest absolute Gasteiger partial charge is 0.277 e. The van der Waals surface area contributed by atoms with Gasteiger partial charge in [-0.15, -0.1) is 0 Å². The number of nitrogens with one attached hydrogen (secondary N) is 1. The summed E-state index contributed by atoms with van der Waals surface area (Å²) in [4.78, 5) is 22.8. The van der Waals surface area contributed by atoms with Gasteiger partial charge in [-0.25, -0.2) is 0 Å². The molecule has 7 nitrogen and oxygen atoms in total. The molecule has 1 amide bonds. The molecule has 0 spiro atoms. The van der Waals surface area contributed by atoms with Gasteiger partial charge in [0, 0.05) is 17.7 Å². The summed E-state index contributed by atoms with van der Waals surface area (Å²) >= 11 is 0. The molecule has 0 aliphatic heterocycles. The van der Waals surface area contributed by atoms with E-state index >= 15 is 0 Å². The number of amides is 1. The summed E-state index contributed by atoms with van der Waals surface area (Å²) in [5.74, 6) is -0.0268. The molecule has 3 rings (SSSR count). The molecule has 1 aromatic heterocycles. The number of hydrogen-bond acceptors (Lipinski definition) is 5. The summed E-state index contributed by atoms with van der Waals surface area (Å²) in [6.07, 6.45) is 0. The third-order valence-corrected chi connectivity index (χ3v) is 3.55. The Morgan fingerprint density at radius 2 is 1.92 bits per heavy atom. The lowest BCUT2D eigenvalue weighted by atomic mass is 10.1. The molecule has 7 heteroatoms. The van der Waals surface area contributed by atoms with Crippen LogP contribution in [0.5, 0.6) is 0 Å². The third kappa shape index (κ3) is 3.00. The van der Waals surface area contributed by atoms with E-state index in [0.29, 0.717) is 17.0 Å². The fourth-order valence-electron chi connectivity index (χ4n) is 2.26. The minimum absolute atomic E-state index is 0.0575. The lowest BCUT2D eigenvalue weighted by Crippen LogP contribution is -2.13. The van der Waals surface area contributed by atoms with Crippen LogP contribution >= 0.6 is 0 Å². The minimum atomic E-state index is -0.496. The number of anilines is 1. The van der Waals surface area contributed by atoms with E-state index in [-0.39, 0.29) is 11.4 Å². The Labute approximate surface area is 137 Å². The van der Waals surface area contributed by atoms with E-state index in [1.807, 2.05) is 30.3 Å². The van der Waals surface area contributed by atoms with Gasteiger partial charge in [0.2, 0.25) is 0 Å². The molecule has 3 aromatic rings. The number of nitro groups is 1. The summed E-state index contributed by atoms with van der Waals surface area (Å²) < 4.78 is 5.18. The zero-order valence-electron chi connectivity index (χ0n) is 12.7. The number of carbonyl (C=O) groups excluding carboxylic acids is 1. The molecule has 0 atom stereocenters. The van der Waals surface area contributed by atoms with Gasteiger partial charge in [-0.1, -0.05) is 41.6 Å². The van der Waals surface area contributed by atoms with Crippen LogP contribution in [-0.4, -0.2) is 16.0 Å². The molecule has 0 radical (unpaired) electrons. The Kier molecular flexibility index (Phi) is 4.07. The van der Waals surface area contributed by atoms with Crippen molar-refractivity contribution in [2.24, 2.45) is 0 Å². The van der Waals surface area contributed by atoms with Crippen molar-refractivity contribution in [1.82, 2.24) is 5.16 Å². The van der Waals surface area contributed by atoms with Gasteiger partial charge in [-0.2, -0.15) is 0 Å². The van der Waals surface area contributed by atoms with Crippen LogP contribution in [0.25, 0.3) is 11.3 Å². The largest absolute Gasteiger partial charge is 0.355 e. The number of aromatic nitrogens is 1. The average molecular weight is 323 g/mol. The molecule has 1 heterocycles. The molecule has 0 saturated carbocycles. The highest BCUT2D eigenvalue weighted by molar-refractivity contribution is 6.03. The standard InChI is InChI=1S/C17H13N3O4/c1-11-13(8-5-9-15(11)20(22)23)18-17(21)14-10-16(24-19-14)12-6-3-2-4-7-12/h2-10H,1H3,(H,18,21). The zero-order chi connectivity index (χ0) is 17.1. The van der Waals surface area contributed by atoms with E-state index in [2.05, 4.69) is 10.5 Å². The Hall–Kier alpha value is -3.48. The SMILES string of the molecule is Cc1c(NC(=O)c2cc(-c3ccccc3)on2)cccc1[N+](=O)[O-]. The predicted molar refractivity (Wildman–Crippen MR) is 87.7 cm³/mol. The van der Waals surface area contributed by atoms with Crippen LogP contribution in [0.4, 0.5) is 11.4 Å². The van der Waals surface area contributed by atoms with Crippen molar-refractivity contribution in [3.8, 4) is 11.3 Å². The van der Waals surface area contributed by atoms with Crippen molar-refractivity contribution in [1.29, 1.82) is 0 Å². The summed E-state index contributed by atoms with van der Waals surface area (Å²) in [6.45, 7) is 1.58. The molecule has 0 fully saturated rings. The van der Waals surface area contributed by atoms with Gasteiger partial charge in [0.15, 0.2) is 11.5 Å². The van der Waals surface area contributed by atoms with Gasteiger partial charge in [0.05, 0.1) is 16.2 Å². The van der Waals surface area contributed by atoms with E-state index < -0.39 is 10.8 Å². The van der Waals surface area contributed by atoms with Crippen LogP contribution in [0, 0.1) is 17.0 Å². The Morgan fingerprint density at radius 3 is 2.62 bits per heavy atom. The quantitative estimate of drug-likeness (QED) is 0.581. The number of nitrogens with zero attached hydrogens (tertiary/aromatic N) is 2. The maximum Gasteiger partial charge on any atom is 0.277 e. The zero-order valence-corrected chi connectivity index (χ0v) is 12.7. The van der Waals surface area contributed by atoms with Gasteiger partial charge in [0.1, 0.15) is 0 Å². The molecule has 0 aliphatic carbocycles. The van der Waals surface area contributed by atoms with Gasteiger partial charge in [0.25, 0.3) is 11.6 Å². The number of benzene rings is 2. The number of carbonyl (C=O) groups is 1. The van der Waals surface area contributed by atoms with Crippen molar-refractivity contribution in [3.05, 3.63) is 76.0 Å². The van der Waals surface area contributed by atoms with E-state index in [1.165, 1.54) is 18.2 Å². The van der Waals surface area contributed by atoms with Gasteiger partial charge in [-0.05, 0) is 13.0 Å². The molecule has 2 aromatic carbocycles. The summed E-state index contributed by atoms with van der Waals surface area (Å²) in [5, 5.41) is 17.3. The second-order valence-electron chi connectivity index (χ2n) is 5.10. The maximum atomic E-state index is 12.3. The van der Waals surface area contributed by atoms with Crippen molar-refractivity contribution < 1.29 is 14.2 Å². The lowest BCUT2D eigenvalue weighted by molar-refractivity contribution is -0.385. The maximum absolute atomic E-state index is 12.3. The van der Waals surface area contributed by atoms with Crippen LogP contribution in [0.1, 0.15) is 16.1 Å². The van der Waals surface area contributed by atoms with Crippen molar-refractivity contribution >= 4 is 17.3 Å². The van der Waals surface area contributed by atoms with Crippen LogP contribution < -0.4 is 5.32 Å². The molecular formula is C17H13N3O4. The molecule has 24 heavy (non-hydrogen) atoms. The third-order valence-electron chi connectivity index (χ3n) is 3.55. The Balaban J connectivity index is 1.83. The van der Waals surface area contributed by atoms with Crippen LogP contribution in [0.2, 0.25) is 0 Å². The predicted octanol–water partition coefficient (Wildman–Crippen LogP) is 3.81. The second-order valence-corrected chi connectivity index (χ2v) is 5.10. The number of hydrogen-bond donors (Lipinski definition) is 1. The molecule has 120 valence electrons. The molecule has 0 saturated heterocycles. The molecule has 0 bridgehead atoms. The van der Waals surface area contributed by atoms with Gasteiger partial charge in [-0.3, -0.25) is 14.9 Å². The second kappa shape index (κ2) is 6.33. The van der Waals surface area contributed by atoms with Crippen molar-refractivity contribution in [3.63, 3.8) is 0 Å². The lowest BCUT2D eigenvalue weighted by Gasteiger charge is -2.06. The van der Waals surface area contributed by atoms with E-state index in [1.54, 1.807) is 13.0 Å². The summed E-state index contributed by atoms with van der Waals surface area (Å²) in [5.41, 5.74) is 1.58. The molecule has 0 aliphatic rings. The average Bonchev–Trinajstić information content (AvgIpc) is 3.07. The number of nitro benzene ring substituents is 1. The Morgan fingerprint density at radius 1 is 1.17 bits per heavy atom. The first-order valence-corrected chi connectivity index (χ1v) is 7.14. The van der Waals surface area contributed by atoms with Crippen LogP contribution in [0.15, 0.2) is 59.1 Å². The normalized spacial score (nSPS) is 10.4. The van der Waals surface area contributed by atoms with Crippen LogP contribution in [-0.2, 0) is 0 Å². The topological polar surface area (TPSA) is 98.3 Å². The minimum Gasteiger partial charge on any atom is -0.355 e.